The van der Waals surface area contributed by atoms with Gasteiger partial charge in [-0.25, -0.2) is 9.59 Å². The van der Waals surface area contributed by atoms with Crippen molar-refractivity contribution in [1.29, 1.82) is 0 Å². The Morgan fingerprint density at radius 3 is 2.43 bits per heavy atom. The number of nitrogens with zero attached hydrogens (tertiary/aromatic N) is 3. The van der Waals surface area contributed by atoms with Crippen LogP contribution < -0.4 is 4.74 Å². The Bertz CT molecular complexity index is 1630. The summed E-state index contributed by atoms with van der Waals surface area (Å²) in [5.41, 5.74) is 3.68. The molecule has 184 valence electrons. The first kappa shape index (κ1) is 23.7. The molecule has 37 heavy (non-hydrogen) atoms. The van der Waals surface area contributed by atoms with Gasteiger partial charge in [-0.3, -0.25) is 4.98 Å². The quantitative estimate of drug-likeness (QED) is 0.286. The lowest BCUT2D eigenvalue weighted by molar-refractivity contribution is 0.0686. The molecule has 0 spiro atoms. The number of carboxylic acids is 2. The summed E-state index contributed by atoms with van der Waals surface area (Å²) < 4.78 is 11.4. The number of aromatic nitrogens is 3. The number of fused-ring (bicyclic) bond motifs is 1. The van der Waals surface area contributed by atoms with E-state index in [2.05, 4.69) is 15.1 Å². The summed E-state index contributed by atoms with van der Waals surface area (Å²) >= 11 is 0. The van der Waals surface area contributed by atoms with E-state index in [-0.39, 0.29) is 23.6 Å². The molecule has 3 aromatic carbocycles. The maximum Gasteiger partial charge on any atom is 0.336 e. The number of carbonyl (C=O) groups is 2. The minimum Gasteiger partial charge on any atom is -0.488 e. The van der Waals surface area contributed by atoms with E-state index >= 15 is 0 Å². The largest absolute Gasteiger partial charge is 0.488 e. The van der Waals surface area contributed by atoms with Crippen LogP contribution in [0.3, 0.4) is 0 Å². The lowest BCUT2D eigenvalue weighted by Crippen LogP contribution is -2.01. The molecule has 0 radical (unpaired) electrons. The summed E-state index contributed by atoms with van der Waals surface area (Å²) in [6, 6.07) is 20.4. The number of hydrogen-bond acceptors (Lipinski definition) is 7. The van der Waals surface area contributed by atoms with Crippen molar-refractivity contribution in [2.24, 2.45) is 0 Å². The van der Waals surface area contributed by atoms with Crippen molar-refractivity contribution < 1.29 is 29.1 Å². The van der Waals surface area contributed by atoms with Crippen LogP contribution >= 0.6 is 0 Å². The molecular weight excluding hydrogens is 474 g/mol. The molecule has 0 fully saturated rings. The number of ether oxygens (including phenoxy) is 1. The van der Waals surface area contributed by atoms with Gasteiger partial charge in [-0.05, 0) is 42.3 Å². The Balaban J connectivity index is 1.36. The molecular formula is C28H21N3O6. The third-order valence-corrected chi connectivity index (χ3v) is 5.85. The summed E-state index contributed by atoms with van der Waals surface area (Å²) in [6.45, 7) is 2.25. The van der Waals surface area contributed by atoms with Crippen LogP contribution in [0.1, 0.15) is 38.9 Å². The van der Waals surface area contributed by atoms with Crippen LogP contribution in [0.25, 0.3) is 33.7 Å². The second-order valence-electron chi connectivity index (χ2n) is 8.26. The number of rotatable bonds is 8. The van der Waals surface area contributed by atoms with Crippen LogP contribution in [0.2, 0.25) is 0 Å². The van der Waals surface area contributed by atoms with E-state index in [1.165, 1.54) is 12.1 Å². The summed E-state index contributed by atoms with van der Waals surface area (Å²) in [5, 5.41) is 23.4. The number of aromatic carboxylic acids is 2. The summed E-state index contributed by atoms with van der Waals surface area (Å²) in [5.74, 6) is -1.08. The van der Waals surface area contributed by atoms with Crippen molar-refractivity contribution in [3.05, 3.63) is 95.2 Å². The average Bonchev–Trinajstić information content (AvgIpc) is 3.41. The molecule has 0 aliphatic carbocycles. The molecule has 0 amide bonds. The smallest absolute Gasteiger partial charge is 0.336 e. The van der Waals surface area contributed by atoms with Crippen molar-refractivity contribution in [2.45, 2.75) is 20.0 Å². The third-order valence-electron chi connectivity index (χ3n) is 5.85. The van der Waals surface area contributed by atoms with Gasteiger partial charge in [0, 0.05) is 22.7 Å². The minimum absolute atomic E-state index is 0.0792. The lowest BCUT2D eigenvalue weighted by atomic mass is 10.1. The van der Waals surface area contributed by atoms with Crippen molar-refractivity contribution in [2.75, 3.05) is 0 Å². The second kappa shape index (κ2) is 9.90. The summed E-state index contributed by atoms with van der Waals surface area (Å²) in [4.78, 5) is 31.9. The van der Waals surface area contributed by atoms with Crippen LogP contribution in [-0.2, 0) is 13.0 Å². The number of hydrogen-bond donors (Lipinski definition) is 2. The van der Waals surface area contributed by atoms with Crippen molar-refractivity contribution in [1.82, 2.24) is 15.1 Å². The topological polar surface area (TPSA) is 136 Å². The predicted molar refractivity (Wildman–Crippen MR) is 135 cm³/mol. The molecule has 5 rings (SSSR count). The molecule has 9 nitrogen and oxygen atoms in total. The van der Waals surface area contributed by atoms with Crippen LogP contribution in [0.4, 0.5) is 0 Å². The van der Waals surface area contributed by atoms with E-state index in [0.717, 1.165) is 11.3 Å². The van der Waals surface area contributed by atoms with Gasteiger partial charge in [0.25, 0.3) is 5.89 Å². The molecule has 9 heteroatoms. The Kier molecular flexibility index (Phi) is 6.34. The number of aryl methyl sites for hydroxylation is 1. The van der Waals surface area contributed by atoms with Crippen LogP contribution in [0.15, 0.2) is 77.3 Å². The normalized spacial score (nSPS) is 10.9. The highest BCUT2D eigenvalue weighted by Crippen LogP contribution is 2.29. The third kappa shape index (κ3) is 4.87. The first-order valence-corrected chi connectivity index (χ1v) is 11.5. The van der Waals surface area contributed by atoms with Gasteiger partial charge in [0.2, 0.25) is 5.82 Å². The van der Waals surface area contributed by atoms with E-state index in [4.69, 9.17) is 9.26 Å². The van der Waals surface area contributed by atoms with Gasteiger partial charge >= 0.3 is 11.9 Å². The summed E-state index contributed by atoms with van der Waals surface area (Å²) in [6.07, 6.45) is 0.714. The van der Waals surface area contributed by atoms with E-state index < -0.39 is 11.9 Å². The molecule has 0 unspecified atom stereocenters. The zero-order chi connectivity index (χ0) is 25.9. The fraction of sp³-hybridized carbons (Fsp3) is 0.107. The maximum absolute atomic E-state index is 11.5. The van der Waals surface area contributed by atoms with Gasteiger partial charge < -0.3 is 19.5 Å². The van der Waals surface area contributed by atoms with Gasteiger partial charge in [0.05, 0.1) is 22.2 Å². The van der Waals surface area contributed by atoms with Crippen LogP contribution in [0, 0.1) is 0 Å². The lowest BCUT2D eigenvalue weighted by Gasteiger charge is -2.12. The monoisotopic (exact) mass is 495 g/mol. The number of pyridine rings is 1. The van der Waals surface area contributed by atoms with E-state index in [0.29, 0.717) is 40.0 Å². The highest BCUT2D eigenvalue weighted by Gasteiger charge is 2.17. The van der Waals surface area contributed by atoms with Gasteiger partial charge in [0.1, 0.15) is 12.4 Å². The average molecular weight is 495 g/mol. The highest BCUT2D eigenvalue weighted by molar-refractivity contribution is 5.96. The van der Waals surface area contributed by atoms with Crippen LogP contribution in [0.5, 0.6) is 5.75 Å². The standard InChI is InChI=1S/C28H21N3O6/c1-2-19-14-24(22-13-18(27(32)33)11-12-23(22)29-19)36-15-16-7-9-17(10-8-16)25-30-26(37-31-25)20-5-3-4-6-21(20)28(34)35/h3-14H,2,15H2,1H3,(H,32,33)(H,34,35). The molecule has 2 aromatic heterocycles. The first-order chi connectivity index (χ1) is 17.9. The van der Waals surface area contributed by atoms with Crippen LogP contribution in [-0.4, -0.2) is 37.3 Å². The Hall–Kier alpha value is -5.05. The van der Waals surface area contributed by atoms with Crippen molar-refractivity contribution in [3.63, 3.8) is 0 Å². The van der Waals surface area contributed by atoms with E-state index in [1.54, 1.807) is 30.3 Å². The van der Waals surface area contributed by atoms with Crippen molar-refractivity contribution in [3.8, 4) is 28.6 Å². The van der Waals surface area contributed by atoms with Crippen molar-refractivity contribution >= 4 is 22.8 Å². The maximum atomic E-state index is 11.5. The SMILES string of the molecule is CCc1cc(OCc2ccc(-c3noc(-c4ccccc4C(=O)O)n3)cc2)c2cc(C(=O)O)ccc2n1. The molecule has 0 saturated heterocycles. The predicted octanol–water partition coefficient (Wildman–Crippen LogP) is 5.49. The fourth-order valence-corrected chi connectivity index (χ4v) is 3.90. The summed E-state index contributed by atoms with van der Waals surface area (Å²) in [7, 11) is 0. The Labute approximate surface area is 211 Å². The fourth-order valence-electron chi connectivity index (χ4n) is 3.90. The molecule has 0 bridgehead atoms. The first-order valence-electron chi connectivity index (χ1n) is 11.5. The highest BCUT2D eigenvalue weighted by atomic mass is 16.5. The number of benzene rings is 3. The second-order valence-corrected chi connectivity index (χ2v) is 8.26. The molecule has 0 atom stereocenters. The zero-order valence-corrected chi connectivity index (χ0v) is 19.7. The Morgan fingerprint density at radius 2 is 1.70 bits per heavy atom. The van der Waals surface area contributed by atoms with Gasteiger partial charge in [-0.2, -0.15) is 4.98 Å². The van der Waals surface area contributed by atoms with E-state index in [9.17, 15) is 19.8 Å². The number of carboxylic acid groups (broad SMARTS) is 2. The minimum atomic E-state index is -1.08. The zero-order valence-electron chi connectivity index (χ0n) is 19.7. The molecule has 5 aromatic rings. The molecule has 0 saturated carbocycles. The molecule has 0 aliphatic heterocycles. The Morgan fingerprint density at radius 1 is 0.919 bits per heavy atom. The molecule has 2 heterocycles. The molecule has 0 aliphatic rings. The van der Waals surface area contributed by atoms with E-state index in [1.807, 2.05) is 37.3 Å². The molecule has 2 N–H and O–H groups in total. The van der Waals surface area contributed by atoms with Gasteiger partial charge in [-0.1, -0.05) is 48.5 Å². The van der Waals surface area contributed by atoms with Gasteiger partial charge in [-0.15, -0.1) is 0 Å². The van der Waals surface area contributed by atoms with Gasteiger partial charge in [0.15, 0.2) is 0 Å².